The van der Waals surface area contributed by atoms with Gasteiger partial charge in [0.1, 0.15) is 0 Å². The molecule has 1 amide bonds. The molecule has 0 aromatic rings. The zero-order valence-electron chi connectivity index (χ0n) is 10.2. The molecule has 1 heterocycles. The molecule has 0 radical (unpaired) electrons. The van der Waals surface area contributed by atoms with E-state index in [1.54, 1.807) is 0 Å². The van der Waals surface area contributed by atoms with Crippen molar-refractivity contribution < 1.29 is 4.79 Å². The van der Waals surface area contributed by atoms with Gasteiger partial charge < -0.3 is 10.6 Å². The fourth-order valence-electron chi connectivity index (χ4n) is 2.52. The number of carbonyl (C=O) groups excluding carboxylic acids is 1. The van der Waals surface area contributed by atoms with Gasteiger partial charge in [-0.05, 0) is 18.8 Å². The number of thioether (sulfide) groups is 1. The lowest BCUT2D eigenvalue weighted by Crippen LogP contribution is -2.41. The van der Waals surface area contributed by atoms with Crippen molar-refractivity contribution in [3.05, 3.63) is 0 Å². The van der Waals surface area contributed by atoms with E-state index >= 15 is 0 Å². The van der Waals surface area contributed by atoms with Crippen molar-refractivity contribution in [1.29, 1.82) is 0 Å². The number of carbonyl (C=O) groups is 1. The van der Waals surface area contributed by atoms with E-state index in [2.05, 4.69) is 10.6 Å². The summed E-state index contributed by atoms with van der Waals surface area (Å²) in [6.45, 7) is 1.95. The number of nitrogens with one attached hydrogen (secondary N) is 2. The lowest BCUT2D eigenvalue weighted by molar-refractivity contribution is -0.121. The summed E-state index contributed by atoms with van der Waals surface area (Å²) in [5.41, 5.74) is 0. The van der Waals surface area contributed by atoms with E-state index in [0.29, 0.717) is 12.5 Å². The standard InChI is InChI=1S/C12H22N2OS.ClH/c15-12(7-11-9-16-6-5-13-11)14-8-10-3-1-2-4-10;/h10-11,13H,1-9H2,(H,14,15);1H. The van der Waals surface area contributed by atoms with Gasteiger partial charge in [-0.3, -0.25) is 4.79 Å². The molecule has 5 heteroatoms. The highest BCUT2D eigenvalue weighted by atomic mass is 35.5. The Morgan fingerprint density at radius 1 is 1.35 bits per heavy atom. The van der Waals surface area contributed by atoms with Crippen LogP contribution in [0.4, 0.5) is 0 Å². The Bertz CT molecular complexity index is 229. The van der Waals surface area contributed by atoms with E-state index < -0.39 is 0 Å². The molecule has 1 saturated carbocycles. The SMILES string of the molecule is Cl.O=C(CC1CSCCN1)NCC1CCCC1. The van der Waals surface area contributed by atoms with E-state index in [1.807, 2.05) is 11.8 Å². The summed E-state index contributed by atoms with van der Waals surface area (Å²) < 4.78 is 0. The zero-order valence-corrected chi connectivity index (χ0v) is 11.9. The molecule has 3 nitrogen and oxygen atoms in total. The minimum Gasteiger partial charge on any atom is -0.356 e. The average molecular weight is 279 g/mol. The van der Waals surface area contributed by atoms with Crippen LogP contribution in [0, 0.1) is 5.92 Å². The largest absolute Gasteiger partial charge is 0.356 e. The van der Waals surface area contributed by atoms with Crippen LogP contribution >= 0.6 is 24.2 Å². The summed E-state index contributed by atoms with van der Waals surface area (Å²) in [6.07, 6.45) is 5.96. The Morgan fingerprint density at radius 2 is 2.12 bits per heavy atom. The van der Waals surface area contributed by atoms with Crippen LogP contribution in [0.1, 0.15) is 32.1 Å². The molecular weight excluding hydrogens is 256 g/mol. The molecule has 1 aliphatic carbocycles. The summed E-state index contributed by atoms with van der Waals surface area (Å²) in [5, 5.41) is 6.48. The Labute approximate surface area is 114 Å². The Morgan fingerprint density at radius 3 is 2.76 bits per heavy atom. The van der Waals surface area contributed by atoms with Crippen molar-refractivity contribution in [2.24, 2.45) is 5.92 Å². The predicted octanol–water partition coefficient (Wildman–Crippen LogP) is 1.81. The van der Waals surface area contributed by atoms with Gasteiger partial charge in [-0.25, -0.2) is 0 Å². The summed E-state index contributed by atoms with van der Waals surface area (Å²) in [7, 11) is 0. The highest BCUT2D eigenvalue weighted by Gasteiger charge is 2.19. The first-order valence-corrected chi connectivity index (χ1v) is 7.58. The van der Waals surface area contributed by atoms with Crippen molar-refractivity contribution >= 4 is 30.1 Å². The summed E-state index contributed by atoms with van der Waals surface area (Å²) in [4.78, 5) is 11.7. The third-order valence-corrected chi connectivity index (χ3v) is 4.62. The van der Waals surface area contributed by atoms with Gasteiger partial charge in [0.2, 0.25) is 5.91 Å². The fraction of sp³-hybridized carbons (Fsp3) is 0.917. The first-order chi connectivity index (χ1) is 7.84. The molecule has 2 rings (SSSR count). The Kier molecular flexibility index (Phi) is 7.32. The third kappa shape index (κ3) is 5.49. The smallest absolute Gasteiger partial charge is 0.221 e. The summed E-state index contributed by atoms with van der Waals surface area (Å²) in [5.74, 6) is 3.24. The fourth-order valence-corrected chi connectivity index (χ4v) is 3.47. The molecule has 1 aliphatic heterocycles. The monoisotopic (exact) mass is 278 g/mol. The van der Waals surface area contributed by atoms with E-state index in [9.17, 15) is 4.79 Å². The first-order valence-electron chi connectivity index (χ1n) is 6.42. The maximum absolute atomic E-state index is 11.7. The van der Waals surface area contributed by atoms with Crippen LogP contribution in [0.5, 0.6) is 0 Å². The van der Waals surface area contributed by atoms with Gasteiger partial charge in [-0.15, -0.1) is 12.4 Å². The molecule has 0 aromatic carbocycles. The number of hydrogen-bond donors (Lipinski definition) is 2. The second-order valence-corrected chi connectivity index (χ2v) is 6.03. The third-order valence-electron chi connectivity index (χ3n) is 3.49. The van der Waals surface area contributed by atoms with Gasteiger partial charge in [0.05, 0.1) is 0 Å². The van der Waals surface area contributed by atoms with Crippen molar-refractivity contribution in [2.75, 3.05) is 24.6 Å². The molecule has 1 atom stereocenters. The minimum atomic E-state index is 0. The quantitative estimate of drug-likeness (QED) is 0.824. The first kappa shape index (κ1) is 15.1. The maximum Gasteiger partial charge on any atom is 0.221 e. The van der Waals surface area contributed by atoms with Crippen LogP contribution in [0.3, 0.4) is 0 Å². The lowest BCUT2D eigenvalue weighted by atomic mass is 10.1. The Balaban J connectivity index is 0.00000144. The van der Waals surface area contributed by atoms with Crippen LogP contribution in [-0.4, -0.2) is 36.5 Å². The van der Waals surface area contributed by atoms with Gasteiger partial charge in [-0.2, -0.15) is 11.8 Å². The van der Waals surface area contributed by atoms with Crippen LogP contribution in [0.15, 0.2) is 0 Å². The van der Waals surface area contributed by atoms with Crippen LogP contribution < -0.4 is 10.6 Å². The summed E-state index contributed by atoms with van der Waals surface area (Å²) >= 11 is 1.95. The normalized spacial score (nSPS) is 25.3. The van der Waals surface area contributed by atoms with E-state index in [1.165, 1.54) is 31.4 Å². The molecule has 2 fully saturated rings. The maximum atomic E-state index is 11.7. The van der Waals surface area contributed by atoms with Crippen molar-refractivity contribution in [3.63, 3.8) is 0 Å². The zero-order chi connectivity index (χ0) is 11.2. The highest BCUT2D eigenvalue weighted by molar-refractivity contribution is 7.99. The minimum absolute atomic E-state index is 0. The molecule has 0 bridgehead atoms. The van der Waals surface area contributed by atoms with Crippen molar-refractivity contribution in [1.82, 2.24) is 10.6 Å². The average Bonchev–Trinajstić information content (AvgIpc) is 2.81. The summed E-state index contributed by atoms with van der Waals surface area (Å²) in [6, 6.07) is 0.391. The molecule has 17 heavy (non-hydrogen) atoms. The Hall–Kier alpha value is 0.0700. The van der Waals surface area contributed by atoms with Gasteiger partial charge in [0.15, 0.2) is 0 Å². The van der Waals surface area contributed by atoms with Gasteiger partial charge in [0, 0.05) is 37.1 Å². The van der Waals surface area contributed by atoms with Gasteiger partial charge in [0.25, 0.3) is 0 Å². The molecule has 2 aliphatic rings. The van der Waals surface area contributed by atoms with Crippen molar-refractivity contribution in [2.45, 2.75) is 38.1 Å². The number of halogens is 1. The second kappa shape index (κ2) is 8.22. The van der Waals surface area contributed by atoms with Crippen LogP contribution in [0.2, 0.25) is 0 Å². The molecule has 1 unspecified atom stereocenters. The highest BCUT2D eigenvalue weighted by Crippen LogP contribution is 2.23. The number of hydrogen-bond acceptors (Lipinski definition) is 3. The molecule has 1 saturated heterocycles. The second-order valence-electron chi connectivity index (χ2n) is 4.88. The van der Waals surface area contributed by atoms with Gasteiger partial charge >= 0.3 is 0 Å². The van der Waals surface area contributed by atoms with E-state index in [-0.39, 0.29) is 18.3 Å². The van der Waals surface area contributed by atoms with Crippen LogP contribution in [0.25, 0.3) is 0 Å². The molecule has 0 aromatic heterocycles. The van der Waals surface area contributed by atoms with E-state index in [4.69, 9.17) is 0 Å². The predicted molar refractivity (Wildman–Crippen MR) is 75.9 cm³/mol. The lowest BCUT2D eigenvalue weighted by Gasteiger charge is -2.22. The topological polar surface area (TPSA) is 41.1 Å². The molecule has 0 spiro atoms. The van der Waals surface area contributed by atoms with Crippen LogP contribution in [-0.2, 0) is 4.79 Å². The molecule has 2 N–H and O–H groups in total. The molecular formula is C12H23ClN2OS. The number of amides is 1. The van der Waals surface area contributed by atoms with E-state index in [0.717, 1.165) is 24.8 Å². The van der Waals surface area contributed by atoms with Crippen molar-refractivity contribution in [3.8, 4) is 0 Å². The number of rotatable bonds is 4. The van der Waals surface area contributed by atoms with Gasteiger partial charge in [-0.1, -0.05) is 12.8 Å². The molecule has 100 valence electrons.